The van der Waals surface area contributed by atoms with Crippen LogP contribution in [0.5, 0.6) is 0 Å². The van der Waals surface area contributed by atoms with Gasteiger partial charge in [-0.3, -0.25) is 0 Å². The van der Waals surface area contributed by atoms with Gasteiger partial charge in [-0.15, -0.1) is 0 Å². The molecule has 0 amide bonds. The summed E-state index contributed by atoms with van der Waals surface area (Å²) >= 11 is 0. The Morgan fingerprint density at radius 1 is 1.46 bits per heavy atom. The fourth-order valence-corrected chi connectivity index (χ4v) is 1.61. The number of oxime groups is 1. The van der Waals surface area contributed by atoms with Crippen LogP contribution in [0.3, 0.4) is 0 Å². The Morgan fingerprint density at radius 2 is 2.31 bits per heavy atom. The molecule has 1 aromatic rings. The van der Waals surface area contributed by atoms with E-state index in [1.54, 1.807) is 6.20 Å². The van der Waals surface area contributed by atoms with Gasteiger partial charge in [0.25, 0.3) is 0 Å². The van der Waals surface area contributed by atoms with E-state index in [0.29, 0.717) is 5.71 Å². The molecule has 68 valence electrons. The minimum Gasteiger partial charge on any atom is -0.411 e. The van der Waals surface area contributed by atoms with Crippen molar-refractivity contribution in [1.29, 1.82) is 0 Å². The molecule has 0 bridgehead atoms. The summed E-state index contributed by atoms with van der Waals surface area (Å²) in [6, 6.07) is 0. The zero-order valence-electron chi connectivity index (χ0n) is 7.49. The van der Waals surface area contributed by atoms with Gasteiger partial charge >= 0.3 is 0 Å². The first-order chi connectivity index (χ1) is 6.31. The van der Waals surface area contributed by atoms with E-state index in [4.69, 9.17) is 5.21 Å². The summed E-state index contributed by atoms with van der Waals surface area (Å²) in [5.41, 5.74) is 2.62. The van der Waals surface area contributed by atoms with Crippen molar-refractivity contribution in [2.75, 3.05) is 0 Å². The standard InChI is InChI=1S/C9H11N3O/c1-6-10-5-7-8(11-6)3-2-4-9(7)12-13/h5,13H,2-4H2,1H3/b12-9+. The predicted octanol–water partition coefficient (Wildman–Crippen LogP) is 1.30. The molecular weight excluding hydrogens is 166 g/mol. The SMILES string of the molecule is Cc1ncc2c(n1)CCC/C2=N\O. The van der Waals surface area contributed by atoms with Crippen LogP contribution >= 0.6 is 0 Å². The molecule has 0 fully saturated rings. The first-order valence-corrected chi connectivity index (χ1v) is 4.35. The molecule has 4 nitrogen and oxygen atoms in total. The van der Waals surface area contributed by atoms with Crippen molar-refractivity contribution in [2.24, 2.45) is 5.16 Å². The Kier molecular flexibility index (Phi) is 1.96. The molecule has 13 heavy (non-hydrogen) atoms. The first kappa shape index (κ1) is 8.16. The Hall–Kier alpha value is -1.45. The van der Waals surface area contributed by atoms with Gasteiger partial charge in [-0.2, -0.15) is 0 Å². The lowest BCUT2D eigenvalue weighted by Gasteiger charge is -2.14. The van der Waals surface area contributed by atoms with Crippen molar-refractivity contribution in [1.82, 2.24) is 9.97 Å². The van der Waals surface area contributed by atoms with E-state index >= 15 is 0 Å². The van der Waals surface area contributed by atoms with Gasteiger partial charge in [0.1, 0.15) is 5.82 Å². The molecule has 1 N–H and O–H groups in total. The molecule has 0 saturated heterocycles. The van der Waals surface area contributed by atoms with Gasteiger partial charge in [-0.05, 0) is 26.2 Å². The highest BCUT2D eigenvalue weighted by atomic mass is 16.4. The highest BCUT2D eigenvalue weighted by Crippen LogP contribution is 2.18. The lowest BCUT2D eigenvalue weighted by molar-refractivity contribution is 0.317. The third kappa shape index (κ3) is 1.39. The van der Waals surface area contributed by atoms with Gasteiger partial charge < -0.3 is 5.21 Å². The van der Waals surface area contributed by atoms with Crippen molar-refractivity contribution in [3.63, 3.8) is 0 Å². The summed E-state index contributed by atoms with van der Waals surface area (Å²) < 4.78 is 0. The van der Waals surface area contributed by atoms with Gasteiger partial charge in [0.2, 0.25) is 0 Å². The predicted molar refractivity (Wildman–Crippen MR) is 48.0 cm³/mol. The van der Waals surface area contributed by atoms with E-state index in [-0.39, 0.29) is 0 Å². The molecule has 1 heterocycles. The Labute approximate surface area is 76.3 Å². The Morgan fingerprint density at radius 3 is 3.08 bits per heavy atom. The third-order valence-electron chi connectivity index (χ3n) is 2.25. The van der Waals surface area contributed by atoms with Crippen LogP contribution in [0.2, 0.25) is 0 Å². The topological polar surface area (TPSA) is 58.4 Å². The summed E-state index contributed by atoms with van der Waals surface area (Å²) in [5.74, 6) is 0.776. The highest BCUT2D eigenvalue weighted by molar-refractivity contribution is 6.01. The van der Waals surface area contributed by atoms with Crippen LogP contribution in [0.4, 0.5) is 0 Å². The molecule has 2 rings (SSSR count). The molecule has 1 aliphatic rings. The summed E-state index contributed by atoms with van der Waals surface area (Å²) in [6.45, 7) is 1.87. The van der Waals surface area contributed by atoms with Gasteiger partial charge in [0.05, 0.1) is 11.4 Å². The van der Waals surface area contributed by atoms with Crippen LogP contribution < -0.4 is 0 Å². The van der Waals surface area contributed by atoms with E-state index in [9.17, 15) is 0 Å². The highest BCUT2D eigenvalue weighted by Gasteiger charge is 2.17. The number of hydrogen-bond donors (Lipinski definition) is 1. The molecular formula is C9H11N3O. The lowest BCUT2D eigenvalue weighted by atomic mass is 9.95. The summed E-state index contributed by atoms with van der Waals surface area (Å²) in [4.78, 5) is 8.40. The van der Waals surface area contributed by atoms with Gasteiger partial charge in [0, 0.05) is 11.8 Å². The monoisotopic (exact) mass is 177 g/mol. The van der Waals surface area contributed by atoms with Crippen molar-refractivity contribution in [2.45, 2.75) is 26.2 Å². The van der Waals surface area contributed by atoms with Gasteiger partial charge in [-0.1, -0.05) is 5.16 Å². The van der Waals surface area contributed by atoms with E-state index in [2.05, 4.69) is 15.1 Å². The average molecular weight is 177 g/mol. The van der Waals surface area contributed by atoms with Crippen LogP contribution in [-0.4, -0.2) is 20.9 Å². The number of hydrogen-bond acceptors (Lipinski definition) is 4. The normalized spacial score (nSPS) is 18.7. The number of fused-ring (bicyclic) bond motifs is 1. The van der Waals surface area contributed by atoms with Gasteiger partial charge in [-0.25, -0.2) is 9.97 Å². The molecule has 0 atom stereocenters. The summed E-state index contributed by atoms with van der Waals surface area (Å²) in [6.07, 6.45) is 4.52. The number of aryl methyl sites for hydroxylation is 2. The molecule has 0 aliphatic heterocycles. The number of rotatable bonds is 0. The van der Waals surface area contributed by atoms with Crippen molar-refractivity contribution in [3.05, 3.63) is 23.3 Å². The first-order valence-electron chi connectivity index (χ1n) is 4.35. The largest absolute Gasteiger partial charge is 0.411 e. The fraction of sp³-hybridized carbons (Fsp3) is 0.444. The maximum absolute atomic E-state index is 8.74. The van der Waals surface area contributed by atoms with Crippen LogP contribution in [0.25, 0.3) is 0 Å². The molecule has 0 saturated carbocycles. The third-order valence-corrected chi connectivity index (χ3v) is 2.25. The van der Waals surface area contributed by atoms with Crippen LogP contribution in [-0.2, 0) is 6.42 Å². The Bertz CT molecular complexity index is 360. The van der Waals surface area contributed by atoms with E-state index in [0.717, 1.165) is 36.3 Å². The minimum atomic E-state index is 0.709. The molecule has 0 spiro atoms. The fourth-order valence-electron chi connectivity index (χ4n) is 1.61. The average Bonchev–Trinajstić information content (AvgIpc) is 2.16. The Balaban J connectivity index is 2.52. The second kappa shape index (κ2) is 3.12. The maximum Gasteiger partial charge on any atom is 0.125 e. The quantitative estimate of drug-likeness (QED) is 0.480. The maximum atomic E-state index is 8.74. The summed E-state index contributed by atoms with van der Waals surface area (Å²) in [7, 11) is 0. The number of nitrogens with zero attached hydrogens (tertiary/aromatic N) is 3. The van der Waals surface area contributed by atoms with Crippen molar-refractivity contribution >= 4 is 5.71 Å². The van der Waals surface area contributed by atoms with E-state index in [1.807, 2.05) is 6.92 Å². The molecule has 0 unspecified atom stereocenters. The van der Waals surface area contributed by atoms with Crippen LogP contribution in [0.1, 0.15) is 29.9 Å². The van der Waals surface area contributed by atoms with Crippen molar-refractivity contribution < 1.29 is 5.21 Å². The molecule has 1 aliphatic carbocycles. The van der Waals surface area contributed by atoms with E-state index < -0.39 is 0 Å². The molecule has 0 aromatic carbocycles. The summed E-state index contributed by atoms with van der Waals surface area (Å²) in [5, 5.41) is 12.0. The van der Waals surface area contributed by atoms with Gasteiger partial charge in [0.15, 0.2) is 0 Å². The zero-order valence-corrected chi connectivity index (χ0v) is 7.49. The smallest absolute Gasteiger partial charge is 0.125 e. The van der Waals surface area contributed by atoms with Crippen molar-refractivity contribution in [3.8, 4) is 0 Å². The second-order valence-electron chi connectivity index (χ2n) is 3.18. The van der Waals surface area contributed by atoms with E-state index in [1.165, 1.54) is 0 Å². The van der Waals surface area contributed by atoms with Crippen LogP contribution in [0, 0.1) is 6.92 Å². The molecule has 0 radical (unpaired) electrons. The van der Waals surface area contributed by atoms with Crippen LogP contribution in [0.15, 0.2) is 11.4 Å². The minimum absolute atomic E-state index is 0.709. The lowest BCUT2D eigenvalue weighted by Crippen LogP contribution is -2.14. The number of aromatic nitrogens is 2. The molecule has 1 aromatic heterocycles. The zero-order chi connectivity index (χ0) is 9.26. The second-order valence-corrected chi connectivity index (χ2v) is 3.18. The molecule has 4 heteroatoms.